The second kappa shape index (κ2) is 5.53. The third kappa shape index (κ3) is 2.91. The fourth-order valence-electron chi connectivity index (χ4n) is 3.20. The molecule has 98 valence electrons. The van der Waals surface area contributed by atoms with E-state index in [0.717, 1.165) is 25.7 Å². The highest BCUT2D eigenvalue weighted by atomic mass is 16.4. The van der Waals surface area contributed by atoms with Crippen LogP contribution >= 0.6 is 0 Å². The van der Waals surface area contributed by atoms with Crippen molar-refractivity contribution in [3.05, 3.63) is 35.9 Å². The van der Waals surface area contributed by atoms with Crippen molar-refractivity contribution in [2.45, 2.75) is 38.0 Å². The van der Waals surface area contributed by atoms with Crippen molar-refractivity contribution >= 4 is 5.97 Å². The molecule has 0 heterocycles. The molecule has 0 aliphatic heterocycles. The summed E-state index contributed by atoms with van der Waals surface area (Å²) in [7, 11) is 0. The molecule has 0 amide bonds. The number of nitrogens with two attached hydrogens (primary N) is 1. The molecule has 3 nitrogen and oxygen atoms in total. The molecule has 0 bridgehead atoms. The summed E-state index contributed by atoms with van der Waals surface area (Å²) in [5.41, 5.74) is 6.98. The van der Waals surface area contributed by atoms with Gasteiger partial charge in [0.15, 0.2) is 0 Å². The zero-order valence-corrected chi connectivity index (χ0v) is 10.6. The second-order valence-electron chi connectivity index (χ2n) is 5.48. The lowest BCUT2D eigenvalue weighted by Crippen LogP contribution is -2.37. The van der Waals surface area contributed by atoms with Gasteiger partial charge in [-0.1, -0.05) is 36.8 Å². The molecule has 1 fully saturated rings. The molecule has 1 aliphatic carbocycles. The smallest absolute Gasteiger partial charge is 0.303 e. The van der Waals surface area contributed by atoms with Gasteiger partial charge in [-0.25, -0.2) is 0 Å². The number of benzene rings is 1. The Morgan fingerprint density at radius 3 is 2.72 bits per heavy atom. The minimum Gasteiger partial charge on any atom is -0.481 e. The van der Waals surface area contributed by atoms with Crippen LogP contribution in [0.5, 0.6) is 0 Å². The summed E-state index contributed by atoms with van der Waals surface area (Å²) in [6.45, 7) is 0.475. The van der Waals surface area contributed by atoms with Gasteiger partial charge in [0.2, 0.25) is 0 Å². The number of carboxylic acids is 1. The summed E-state index contributed by atoms with van der Waals surface area (Å²) in [6.07, 6.45) is 4.27. The van der Waals surface area contributed by atoms with E-state index in [4.69, 9.17) is 10.8 Å². The summed E-state index contributed by atoms with van der Waals surface area (Å²) >= 11 is 0. The molecule has 2 atom stereocenters. The molecule has 1 aromatic carbocycles. The molecule has 3 N–H and O–H groups in total. The number of carboxylic acid groups (broad SMARTS) is 1. The first-order valence-electron chi connectivity index (χ1n) is 6.62. The van der Waals surface area contributed by atoms with Gasteiger partial charge in [-0.2, -0.15) is 0 Å². The lowest BCUT2D eigenvalue weighted by molar-refractivity contribution is -0.140. The molecule has 1 aromatic rings. The third-order valence-corrected chi connectivity index (χ3v) is 4.17. The Labute approximate surface area is 108 Å². The van der Waals surface area contributed by atoms with E-state index in [0.29, 0.717) is 12.5 Å². The highest BCUT2D eigenvalue weighted by Gasteiger charge is 2.37. The van der Waals surface area contributed by atoms with Gasteiger partial charge in [-0.05, 0) is 42.7 Å². The first-order valence-corrected chi connectivity index (χ1v) is 6.62. The normalized spacial score (nSPS) is 27.9. The zero-order chi connectivity index (χ0) is 13.0. The van der Waals surface area contributed by atoms with Gasteiger partial charge in [0, 0.05) is 0 Å². The van der Waals surface area contributed by atoms with Crippen molar-refractivity contribution in [1.82, 2.24) is 0 Å². The van der Waals surface area contributed by atoms with Crippen LogP contribution in [0.2, 0.25) is 0 Å². The monoisotopic (exact) mass is 247 g/mol. The van der Waals surface area contributed by atoms with Gasteiger partial charge in [0.1, 0.15) is 0 Å². The van der Waals surface area contributed by atoms with Gasteiger partial charge in [-0.15, -0.1) is 0 Å². The maximum atomic E-state index is 11.0. The molecule has 0 radical (unpaired) electrons. The van der Waals surface area contributed by atoms with Gasteiger partial charge in [-0.3, -0.25) is 4.79 Å². The largest absolute Gasteiger partial charge is 0.481 e. The van der Waals surface area contributed by atoms with Crippen LogP contribution in [-0.4, -0.2) is 17.6 Å². The molecule has 0 unspecified atom stereocenters. The predicted molar refractivity (Wildman–Crippen MR) is 71.4 cm³/mol. The number of aliphatic carboxylic acids is 1. The van der Waals surface area contributed by atoms with Crippen LogP contribution in [0.3, 0.4) is 0 Å². The third-order valence-electron chi connectivity index (χ3n) is 4.17. The standard InChI is InChI=1S/C15H21NO2/c16-11-15(10-14(17)18)8-4-7-13(9-15)12-5-2-1-3-6-12/h1-3,5-6,13H,4,7-11,16H2,(H,17,18)/t13-,15+/m0/s1. The minimum absolute atomic E-state index is 0.201. The van der Waals surface area contributed by atoms with E-state index in [1.165, 1.54) is 5.56 Å². The summed E-state index contributed by atoms with van der Waals surface area (Å²) in [5, 5.41) is 9.06. The Morgan fingerprint density at radius 1 is 1.39 bits per heavy atom. The maximum absolute atomic E-state index is 11.0. The molecule has 2 rings (SSSR count). The van der Waals surface area contributed by atoms with Crippen LogP contribution in [0.15, 0.2) is 30.3 Å². The number of hydrogen-bond acceptors (Lipinski definition) is 2. The topological polar surface area (TPSA) is 63.3 Å². The van der Waals surface area contributed by atoms with Crippen LogP contribution in [-0.2, 0) is 4.79 Å². The Kier molecular flexibility index (Phi) is 4.02. The molecular formula is C15H21NO2. The van der Waals surface area contributed by atoms with Crippen LogP contribution < -0.4 is 5.73 Å². The van der Waals surface area contributed by atoms with Crippen LogP contribution in [0.25, 0.3) is 0 Å². The van der Waals surface area contributed by atoms with E-state index < -0.39 is 5.97 Å². The number of rotatable bonds is 4. The molecular weight excluding hydrogens is 226 g/mol. The molecule has 3 heteroatoms. The van der Waals surface area contributed by atoms with Gasteiger partial charge in [0.05, 0.1) is 6.42 Å². The fourth-order valence-corrected chi connectivity index (χ4v) is 3.20. The number of hydrogen-bond donors (Lipinski definition) is 2. The second-order valence-corrected chi connectivity index (χ2v) is 5.48. The van der Waals surface area contributed by atoms with Crippen molar-refractivity contribution in [1.29, 1.82) is 0 Å². The van der Waals surface area contributed by atoms with E-state index in [1.54, 1.807) is 0 Å². The average Bonchev–Trinajstić information content (AvgIpc) is 2.39. The average molecular weight is 247 g/mol. The van der Waals surface area contributed by atoms with Crippen molar-refractivity contribution in [2.24, 2.45) is 11.1 Å². The Morgan fingerprint density at radius 2 is 2.11 bits per heavy atom. The molecule has 1 aliphatic rings. The first kappa shape index (κ1) is 13.1. The molecule has 1 saturated carbocycles. The van der Waals surface area contributed by atoms with Crippen molar-refractivity contribution in [3.63, 3.8) is 0 Å². The van der Waals surface area contributed by atoms with E-state index in [1.807, 2.05) is 18.2 Å². The zero-order valence-electron chi connectivity index (χ0n) is 10.6. The van der Waals surface area contributed by atoms with Crippen molar-refractivity contribution < 1.29 is 9.90 Å². The molecule has 0 aromatic heterocycles. The van der Waals surface area contributed by atoms with E-state index >= 15 is 0 Å². The van der Waals surface area contributed by atoms with E-state index in [2.05, 4.69) is 12.1 Å². The lowest BCUT2D eigenvalue weighted by atomic mass is 9.66. The highest BCUT2D eigenvalue weighted by molar-refractivity contribution is 5.67. The van der Waals surface area contributed by atoms with E-state index in [-0.39, 0.29) is 11.8 Å². The van der Waals surface area contributed by atoms with Crippen molar-refractivity contribution in [2.75, 3.05) is 6.54 Å². The Hall–Kier alpha value is -1.35. The van der Waals surface area contributed by atoms with Crippen molar-refractivity contribution in [3.8, 4) is 0 Å². The molecule has 0 spiro atoms. The van der Waals surface area contributed by atoms with Crippen LogP contribution in [0.4, 0.5) is 0 Å². The summed E-state index contributed by atoms with van der Waals surface area (Å²) in [5.74, 6) is -0.267. The predicted octanol–water partition coefficient (Wildman–Crippen LogP) is 2.76. The summed E-state index contributed by atoms with van der Waals surface area (Å²) < 4.78 is 0. The Balaban J connectivity index is 2.14. The van der Waals surface area contributed by atoms with Crippen LogP contribution in [0, 0.1) is 5.41 Å². The summed E-state index contributed by atoms with van der Waals surface area (Å²) in [6, 6.07) is 10.4. The summed E-state index contributed by atoms with van der Waals surface area (Å²) in [4.78, 5) is 11.0. The maximum Gasteiger partial charge on any atom is 0.303 e. The quantitative estimate of drug-likeness (QED) is 0.860. The lowest BCUT2D eigenvalue weighted by Gasteiger charge is -2.39. The van der Waals surface area contributed by atoms with Crippen LogP contribution in [0.1, 0.15) is 43.6 Å². The first-order chi connectivity index (χ1) is 8.65. The molecule has 0 saturated heterocycles. The number of carbonyl (C=O) groups is 1. The van der Waals surface area contributed by atoms with Gasteiger partial charge >= 0.3 is 5.97 Å². The van der Waals surface area contributed by atoms with Gasteiger partial charge in [0.25, 0.3) is 0 Å². The highest BCUT2D eigenvalue weighted by Crippen LogP contribution is 2.45. The van der Waals surface area contributed by atoms with Gasteiger partial charge < -0.3 is 10.8 Å². The molecule has 18 heavy (non-hydrogen) atoms. The minimum atomic E-state index is -0.728. The van der Waals surface area contributed by atoms with E-state index in [9.17, 15) is 4.79 Å². The Bertz CT molecular complexity index is 404. The fraction of sp³-hybridized carbons (Fsp3) is 0.533. The SMILES string of the molecule is NC[C@]1(CC(=O)O)CCC[C@H](c2ccccc2)C1.